The van der Waals surface area contributed by atoms with Crippen LogP contribution in [0.1, 0.15) is 12.5 Å². The molecule has 0 amide bonds. The number of fused-ring (bicyclic) bond motifs is 1. The Hall–Kier alpha value is -1.92. The number of sulfonamides is 1. The Morgan fingerprint density at radius 2 is 2.05 bits per heavy atom. The number of benzene rings is 1. The number of rotatable bonds is 2. The predicted molar refractivity (Wildman–Crippen MR) is 81.5 cm³/mol. The number of hydrogen-bond donors (Lipinski definition) is 1. The normalized spacial score (nSPS) is 18.9. The fourth-order valence-corrected chi connectivity index (χ4v) is 4.01. The van der Waals surface area contributed by atoms with Crippen LogP contribution in [0.25, 0.3) is 0 Å². The minimum atomic E-state index is -3.60. The first-order valence-electron chi connectivity index (χ1n) is 6.83. The molecule has 110 valence electrons. The molecule has 1 aliphatic heterocycles. The van der Waals surface area contributed by atoms with Gasteiger partial charge < -0.3 is 5.32 Å². The number of pyridine rings is 1. The van der Waals surface area contributed by atoms with E-state index in [-0.39, 0.29) is 10.9 Å². The molecule has 0 aliphatic carbocycles. The highest BCUT2D eigenvalue weighted by atomic mass is 32.2. The van der Waals surface area contributed by atoms with E-state index < -0.39 is 10.0 Å². The van der Waals surface area contributed by atoms with Crippen molar-refractivity contribution in [3.8, 4) is 0 Å². The SMILES string of the molecule is CC1CN(S(=O)(=O)c2cccnc2)c2ccccc2CN1. The van der Waals surface area contributed by atoms with Crippen LogP contribution in [-0.4, -0.2) is 26.0 Å². The maximum atomic E-state index is 12.9. The van der Waals surface area contributed by atoms with Crippen molar-refractivity contribution in [1.29, 1.82) is 0 Å². The molecule has 1 unspecified atom stereocenters. The van der Waals surface area contributed by atoms with Gasteiger partial charge in [-0.05, 0) is 30.7 Å². The Kier molecular flexibility index (Phi) is 3.65. The minimum absolute atomic E-state index is 0.0730. The molecule has 1 N–H and O–H groups in total. The molecule has 21 heavy (non-hydrogen) atoms. The fraction of sp³-hybridized carbons (Fsp3) is 0.267. The van der Waals surface area contributed by atoms with Gasteiger partial charge in [-0.1, -0.05) is 18.2 Å². The lowest BCUT2D eigenvalue weighted by atomic mass is 10.2. The number of anilines is 1. The molecular weight excluding hydrogens is 286 g/mol. The molecule has 1 atom stereocenters. The lowest BCUT2D eigenvalue weighted by Crippen LogP contribution is -2.39. The van der Waals surface area contributed by atoms with E-state index in [1.807, 2.05) is 31.2 Å². The molecule has 3 rings (SSSR count). The molecule has 0 spiro atoms. The number of hydrogen-bond acceptors (Lipinski definition) is 4. The summed E-state index contributed by atoms with van der Waals surface area (Å²) in [6.45, 7) is 3.04. The number of nitrogens with zero attached hydrogens (tertiary/aromatic N) is 2. The second-order valence-corrected chi connectivity index (χ2v) is 7.00. The van der Waals surface area contributed by atoms with Gasteiger partial charge in [0.05, 0.1) is 5.69 Å². The zero-order valence-electron chi connectivity index (χ0n) is 11.7. The van der Waals surface area contributed by atoms with Crippen molar-refractivity contribution in [2.45, 2.75) is 24.4 Å². The summed E-state index contributed by atoms with van der Waals surface area (Å²) in [7, 11) is -3.60. The molecule has 0 bridgehead atoms. The van der Waals surface area contributed by atoms with Gasteiger partial charge in [-0.2, -0.15) is 0 Å². The van der Waals surface area contributed by atoms with Crippen molar-refractivity contribution in [2.24, 2.45) is 0 Å². The summed E-state index contributed by atoms with van der Waals surface area (Å²) in [5.41, 5.74) is 1.72. The lowest BCUT2D eigenvalue weighted by molar-refractivity contribution is 0.556. The monoisotopic (exact) mass is 303 g/mol. The summed E-state index contributed by atoms with van der Waals surface area (Å²) < 4.78 is 27.3. The summed E-state index contributed by atoms with van der Waals surface area (Å²) in [6.07, 6.45) is 2.96. The summed E-state index contributed by atoms with van der Waals surface area (Å²) in [5, 5.41) is 3.33. The second kappa shape index (κ2) is 5.46. The van der Waals surface area contributed by atoms with E-state index in [9.17, 15) is 8.42 Å². The van der Waals surface area contributed by atoms with E-state index in [1.165, 1.54) is 10.5 Å². The van der Waals surface area contributed by atoms with Crippen LogP contribution in [0.3, 0.4) is 0 Å². The molecule has 2 heterocycles. The molecule has 0 saturated carbocycles. The molecule has 1 aromatic heterocycles. The van der Waals surface area contributed by atoms with Crippen LogP contribution in [0.15, 0.2) is 53.7 Å². The molecule has 5 nitrogen and oxygen atoms in total. The van der Waals surface area contributed by atoms with Gasteiger partial charge in [0.15, 0.2) is 0 Å². The van der Waals surface area contributed by atoms with Crippen molar-refractivity contribution < 1.29 is 8.42 Å². The van der Waals surface area contributed by atoms with Gasteiger partial charge in [-0.25, -0.2) is 8.42 Å². The molecule has 1 aromatic carbocycles. The molecule has 0 fully saturated rings. The molecule has 0 radical (unpaired) electrons. The van der Waals surface area contributed by atoms with Gasteiger partial charge in [0, 0.05) is 31.5 Å². The highest BCUT2D eigenvalue weighted by molar-refractivity contribution is 7.92. The Bertz CT molecular complexity index is 732. The first-order chi connectivity index (χ1) is 10.1. The van der Waals surface area contributed by atoms with E-state index in [2.05, 4.69) is 10.3 Å². The number of aromatic nitrogens is 1. The summed E-state index contributed by atoms with van der Waals surface area (Å²) >= 11 is 0. The summed E-state index contributed by atoms with van der Waals surface area (Å²) in [5.74, 6) is 0. The van der Waals surface area contributed by atoms with E-state index >= 15 is 0 Å². The number of para-hydroxylation sites is 1. The second-order valence-electron chi connectivity index (χ2n) is 5.14. The standard InChI is InChI=1S/C15H17N3O2S/c1-12-11-18(15-7-3-2-5-13(15)9-17-12)21(19,20)14-6-4-8-16-10-14/h2-8,10,12,17H,9,11H2,1H3. The van der Waals surface area contributed by atoms with Crippen LogP contribution in [0, 0.1) is 0 Å². The van der Waals surface area contributed by atoms with Crippen LogP contribution in [0.5, 0.6) is 0 Å². The van der Waals surface area contributed by atoms with Gasteiger partial charge in [0.25, 0.3) is 10.0 Å². The van der Waals surface area contributed by atoms with Gasteiger partial charge in [0.2, 0.25) is 0 Å². The van der Waals surface area contributed by atoms with Crippen LogP contribution >= 0.6 is 0 Å². The quantitative estimate of drug-likeness (QED) is 0.918. The molecule has 2 aromatic rings. The third-order valence-corrected chi connectivity index (χ3v) is 5.33. The van der Waals surface area contributed by atoms with Crippen LogP contribution in [0.4, 0.5) is 5.69 Å². The third-order valence-electron chi connectivity index (χ3n) is 3.56. The van der Waals surface area contributed by atoms with E-state index in [4.69, 9.17) is 0 Å². The van der Waals surface area contributed by atoms with E-state index in [0.717, 1.165) is 11.3 Å². The minimum Gasteiger partial charge on any atom is -0.308 e. The van der Waals surface area contributed by atoms with Crippen molar-refractivity contribution in [3.63, 3.8) is 0 Å². The van der Waals surface area contributed by atoms with Gasteiger partial charge in [0.1, 0.15) is 4.90 Å². The first-order valence-corrected chi connectivity index (χ1v) is 8.27. The molecule has 1 aliphatic rings. The van der Waals surface area contributed by atoms with Gasteiger partial charge in [-0.3, -0.25) is 9.29 Å². The van der Waals surface area contributed by atoms with E-state index in [0.29, 0.717) is 13.1 Å². The Morgan fingerprint density at radius 1 is 1.24 bits per heavy atom. The van der Waals surface area contributed by atoms with Crippen LogP contribution in [-0.2, 0) is 16.6 Å². The highest BCUT2D eigenvalue weighted by Crippen LogP contribution is 2.28. The zero-order valence-corrected chi connectivity index (χ0v) is 12.5. The highest BCUT2D eigenvalue weighted by Gasteiger charge is 2.29. The van der Waals surface area contributed by atoms with E-state index in [1.54, 1.807) is 18.3 Å². The zero-order chi connectivity index (χ0) is 14.9. The van der Waals surface area contributed by atoms with Crippen molar-refractivity contribution >= 4 is 15.7 Å². The van der Waals surface area contributed by atoms with Gasteiger partial charge >= 0.3 is 0 Å². The van der Waals surface area contributed by atoms with Crippen LogP contribution in [0.2, 0.25) is 0 Å². The van der Waals surface area contributed by atoms with Crippen molar-refractivity contribution in [3.05, 3.63) is 54.4 Å². The number of nitrogens with one attached hydrogen (secondary N) is 1. The third kappa shape index (κ3) is 2.64. The smallest absolute Gasteiger partial charge is 0.265 e. The predicted octanol–water partition coefficient (Wildman–Crippen LogP) is 1.77. The maximum Gasteiger partial charge on any atom is 0.265 e. The Balaban J connectivity index is 2.12. The fourth-order valence-electron chi connectivity index (χ4n) is 2.45. The molecule has 6 heteroatoms. The van der Waals surface area contributed by atoms with Crippen molar-refractivity contribution in [2.75, 3.05) is 10.8 Å². The molecular formula is C15H17N3O2S. The van der Waals surface area contributed by atoms with Crippen molar-refractivity contribution in [1.82, 2.24) is 10.3 Å². The summed E-state index contributed by atoms with van der Waals surface area (Å²) in [6, 6.07) is 10.9. The topological polar surface area (TPSA) is 62.3 Å². The summed E-state index contributed by atoms with van der Waals surface area (Å²) in [4.78, 5) is 4.14. The largest absolute Gasteiger partial charge is 0.308 e. The molecule has 0 saturated heterocycles. The average Bonchev–Trinajstić information content (AvgIpc) is 2.68. The lowest BCUT2D eigenvalue weighted by Gasteiger charge is -2.25. The Morgan fingerprint density at radius 3 is 2.81 bits per heavy atom. The first kappa shape index (κ1) is 14.0. The average molecular weight is 303 g/mol. The van der Waals surface area contributed by atoms with Crippen LogP contribution < -0.4 is 9.62 Å². The Labute approximate surface area is 124 Å². The maximum absolute atomic E-state index is 12.9. The van der Waals surface area contributed by atoms with Gasteiger partial charge in [-0.15, -0.1) is 0 Å².